The van der Waals surface area contributed by atoms with E-state index in [2.05, 4.69) is 15.2 Å². The highest BCUT2D eigenvalue weighted by molar-refractivity contribution is 7.99. The molecular weight excluding hydrogens is 262 g/mol. The Hall–Kier alpha value is -1.27. The lowest BCUT2D eigenvalue weighted by atomic mass is 10.2. The third kappa shape index (κ3) is 4.11. The van der Waals surface area contributed by atoms with Crippen molar-refractivity contribution in [1.82, 2.24) is 9.88 Å². The Balaban J connectivity index is 1.86. The Morgan fingerprint density at radius 2 is 2.32 bits per heavy atom. The maximum atomic E-state index is 11.6. The molecule has 19 heavy (non-hydrogen) atoms. The van der Waals surface area contributed by atoms with Crippen molar-refractivity contribution in [2.75, 3.05) is 50.1 Å². The van der Waals surface area contributed by atoms with Crippen LogP contribution in [0.25, 0.3) is 0 Å². The minimum absolute atomic E-state index is 0.357. The van der Waals surface area contributed by atoms with E-state index < -0.39 is 0 Å². The normalized spacial score (nSPS) is 16.1. The van der Waals surface area contributed by atoms with E-state index in [0.29, 0.717) is 11.4 Å². The van der Waals surface area contributed by atoms with Gasteiger partial charge in [0.15, 0.2) is 0 Å². The summed E-state index contributed by atoms with van der Waals surface area (Å²) >= 11 is 2.00. The summed E-state index contributed by atoms with van der Waals surface area (Å²) in [6.45, 7) is 4.03. The van der Waals surface area contributed by atoms with Gasteiger partial charge in [-0.05, 0) is 12.1 Å². The number of carbonyl (C=O) groups excluding carboxylic acids is 1. The summed E-state index contributed by atoms with van der Waals surface area (Å²) in [5.74, 6) is 2.65. The molecule has 2 heterocycles. The number of methoxy groups -OCH3 is 1. The van der Waals surface area contributed by atoms with E-state index >= 15 is 0 Å². The van der Waals surface area contributed by atoms with Gasteiger partial charge in [-0.1, -0.05) is 0 Å². The Morgan fingerprint density at radius 1 is 1.53 bits per heavy atom. The smallest absolute Gasteiger partial charge is 0.341 e. The molecule has 1 aliphatic heterocycles. The number of aromatic nitrogens is 1. The molecule has 0 aromatic carbocycles. The number of anilines is 1. The predicted molar refractivity (Wildman–Crippen MR) is 77.8 cm³/mol. The summed E-state index contributed by atoms with van der Waals surface area (Å²) in [4.78, 5) is 18.2. The number of pyridine rings is 1. The standard InChI is InChI=1S/C13H19N3O2S/c1-18-13(17)11-3-2-4-14-12(11)15-5-6-16-7-9-19-10-8-16/h2-4H,5-10H2,1H3,(H,14,15). The van der Waals surface area contributed by atoms with Crippen molar-refractivity contribution < 1.29 is 9.53 Å². The first kappa shape index (κ1) is 14.1. The largest absolute Gasteiger partial charge is 0.465 e. The molecule has 1 aromatic rings. The third-order valence-corrected chi connectivity index (χ3v) is 3.98. The van der Waals surface area contributed by atoms with Gasteiger partial charge in [-0.2, -0.15) is 11.8 Å². The summed E-state index contributed by atoms with van der Waals surface area (Å²) in [6.07, 6.45) is 1.67. The van der Waals surface area contributed by atoms with E-state index in [1.807, 2.05) is 11.8 Å². The number of hydrogen-bond acceptors (Lipinski definition) is 6. The molecule has 0 radical (unpaired) electrons. The molecule has 0 aliphatic carbocycles. The van der Waals surface area contributed by atoms with Crippen LogP contribution >= 0.6 is 11.8 Å². The Labute approximate surface area is 117 Å². The molecule has 1 fully saturated rings. The maximum Gasteiger partial charge on any atom is 0.341 e. The number of rotatable bonds is 5. The molecule has 0 atom stereocenters. The van der Waals surface area contributed by atoms with E-state index in [9.17, 15) is 4.79 Å². The summed E-state index contributed by atoms with van der Waals surface area (Å²) < 4.78 is 4.74. The van der Waals surface area contributed by atoms with Gasteiger partial charge in [-0.3, -0.25) is 4.90 Å². The fourth-order valence-corrected chi connectivity index (χ4v) is 2.96. The van der Waals surface area contributed by atoms with Crippen LogP contribution in [0.4, 0.5) is 5.82 Å². The van der Waals surface area contributed by atoms with Crippen molar-refractivity contribution >= 4 is 23.5 Å². The Morgan fingerprint density at radius 3 is 3.05 bits per heavy atom. The van der Waals surface area contributed by atoms with Crippen molar-refractivity contribution in [3.63, 3.8) is 0 Å². The summed E-state index contributed by atoms with van der Waals surface area (Å²) in [5, 5.41) is 3.22. The Kier molecular flexibility index (Phi) is 5.47. The molecule has 1 aliphatic rings. The third-order valence-electron chi connectivity index (χ3n) is 3.04. The maximum absolute atomic E-state index is 11.6. The van der Waals surface area contributed by atoms with Crippen LogP contribution in [0, 0.1) is 0 Å². The average Bonchev–Trinajstić information content (AvgIpc) is 2.48. The van der Waals surface area contributed by atoms with Crippen molar-refractivity contribution in [3.8, 4) is 0 Å². The van der Waals surface area contributed by atoms with E-state index in [1.54, 1.807) is 18.3 Å². The SMILES string of the molecule is COC(=O)c1cccnc1NCCN1CCSCC1. The summed E-state index contributed by atoms with van der Waals surface area (Å²) in [6, 6.07) is 3.46. The highest BCUT2D eigenvalue weighted by Gasteiger charge is 2.13. The average molecular weight is 281 g/mol. The molecule has 104 valence electrons. The van der Waals surface area contributed by atoms with Crippen molar-refractivity contribution in [2.45, 2.75) is 0 Å². The highest BCUT2D eigenvalue weighted by atomic mass is 32.2. The summed E-state index contributed by atoms with van der Waals surface area (Å²) in [7, 11) is 1.38. The molecule has 1 aromatic heterocycles. The lowest BCUT2D eigenvalue weighted by Gasteiger charge is -2.26. The second kappa shape index (κ2) is 7.35. The van der Waals surface area contributed by atoms with Gasteiger partial charge in [-0.25, -0.2) is 9.78 Å². The number of thioether (sulfide) groups is 1. The van der Waals surface area contributed by atoms with Gasteiger partial charge in [0.05, 0.1) is 7.11 Å². The van der Waals surface area contributed by atoms with Gasteiger partial charge in [0.1, 0.15) is 11.4 Å². The van der Waals surface area contributed by atoms with Gasteiger partial charge < -0.3 is 10.1 Å². The van der Waals surface area contributed by atoms with Gasteiger partial charge in [0, 0.05) is 43.9 Å². The zero-order valence-corrected chi connectivity index (χ0v) is 11.9. The minimum Gasteiger partial charge on any atom is -0.465 e. The van der Waals surface area contributed by atoms with Crippen LogP contribution in [0.1, 0.15) is 10.4 Å². The van der Waals surface area contributed by atoms with Gasteiger partial charge in [0.2, 0.25) is 0 Å². The number of nitrogens with one attached hydrogen (secondary N) is 1. The predicted octanol–water partition coefficient (Wildman–Crippen LogP) is 1.33. The fourth-order valence-electron chi connectivity index (χ4n) is 1.98. The molecule has 1 N–H and O–H groups in total. The van der Waals surface area contributed by atoms with Crippen molar-refractivity contribution in [1.29, 1.82) is 0 Å². The molecule has 0 amide bonds. The number of esters is 1. The molecule has 0 bridgehead atoms. The fraction of sp³-hybridized carbons (Fsp3) is 0.538. The molecular formula is C13H19N3O2S. The first-order chi connectivity index (χ1) is 9.31. The van der Waals surface area contributed by atoms with Crippen LogP contribution in [0.3, 0.4) is 0 Å². The number of nitrogens with zero attached hydrogens (tertiary/aromatic N) is 2. The van der Waals surface area contributed by atoms with Crippen molar-refractivity contribution in [3.05, 3.63) is 23.9 Å². The minimum atomic E-state index is -0.357. The van der Waals surface area contributed by atoms with Crippen LogP contribution < -0.4 is 5.32 Å². The first-order valence-electron chi connectivity index (χ1n) is 6.38. The van der Waals surface area contributed by atoms with Crippen LogP contribution in [0.2, 0.25) is 0 Å². The van der Waals surface area contributed by atoms with Crippen molar-refractivity contribution in [2.24, 2.45) is 0 Å². The number of ether oxygens (including phenoxy) is 1. The summed E-state index contributed by atoms with van der Waals surface area (Å²) in [5.41, 5.74) is 0.485. The molecule has 6 heteroatoms. The first-order valence-corrected chi connectivity index (χ1v) is 7.54. The van der Waals surface area contributed by atoms with E-state index in [-0.39, 0.29) is 5.97 Å². The number of hydrogen-bond donors (Lipinski definition) is 1. The topological polar surface area (TPSA) is 54.5 Å². The monoisotopic (exact) mass is 281 g/mol. The van der Waals surface area contributed by atoms with Crippen LogP contribution in [-0.2, 0) is 4.74 Å². The van der Waals surface area contributed by atoms with Crippen LogP contribution in [0.15, 0.2) is 18.3 Å². The van der Waals surface area contributed by atoms with Gasteiger partial charge >= 0.3 is 5.97 Å². The molecule has 5 nitrogen and oxygen atoms in total. The highest BCUT2D eigenvalue weighted by Crippen LogP contribution is 2.13. The molecule has 0 unspecified atom stereocenters. The van der Waals surface area contributed by atoms with Crippen LogP contribution in [-0.4, -0.2) is 60.6 Å². The Bertz CT molecular complexity index is 422. The quantitative estimate of drug-likeness (QED) is 0.822. The second-order valence-corrected chi connectivity index (χ2v) is 5.50. The molecule has 0 spiro atoms. The lowest BCUT2D eigenvalue weighted by Crippen LogP contribution is -2.36. The molecule has 2 rings (SSSR count). The zero-order valence-electron chi connectivity index (χ0n) is 11.1. The van der Waals surface area contributed by atoms with Gasteiger partial charge in [0.25, 0.3) is 0 Å². The van der Waals surface area contributed by atoms with E-state index in [1.165, 1.54) is 18.6 Å². The lowest BCUT2D eigenvalue weighted by molar-refractivity contribution is 0.0601. The van der Waals surface area contributed by atoms with E-state index in [0.717, 1.165) is 26.2 Å². The molecule has 0 saturated carbocycles. The van der Waals surface area contributed by atoms with E-state index in [4.69, 9.17) is 4.74 Å². The van der Waals surface area contributed by atoms with Gasteiger partial charge in [-0.15, -0.1) is 0 Å². The second-order valence-electron chi connectivity index (χ2n) is 4.27. The van der Waals surface area contributed by atoms with Crippen LogP contribution in [0.5, 0.6) is 0 Å². The zero-order chi connectivity index (χ0) is 13.5. The molecule has 1 saturated heterocycles. The number of carbonyl (C=O) groups is 1.